The van der Waals surface area contributed by atoms with Crippen LogP contribution in [0.25, 0.3) is 0 Å². The van der Waals surface area contributed by atoms with Crippen LogP contribution in [0.4, 0.5) is 0 Å². The van der Waals surface area contributed by atoms with Crippen molar-refractivity contribution in [2.45, 2.75) is 68.2 Å². The van der Waals surface area contributed by atoms with E-state index in [1.54, 1.807) is 0 Å². The number of hydrogen-bond acceptors (Lipinski definition) is 8. The standard InChI is InChI=1S/2C9H21O2PS2.Zn/c2*1-5-9(4)7-11-12(13,14)10-6-8(2)3;/h2*8-9H,5-7H2,1-4H3,(H,13,14);/q;;+2/p-2. The van der Waals surface area contributed by atoms with E-state index in [1.165, 1.54) is 0 Å². The second kappa shape index (κ2) is 19.9. The van der Waals surface area contributed by atoms with Crippen LogP contribution in [0.3, 0.4) is 0 Å². The molecule has 0 aromatic heterocycles. The average Bonchev–Trinajstić information content (AvgIpc) is 2.61. The van der Waals surface area contributed by atoms with Gasteiger partial charge in [-0.2, -0.15) is 0 Å². The SMILES string of the molecule is CCC(C)COP(=S)([S-])OCC(C)C.CCC(C)COP(=S)([S-])OCC(C)C.[Zn+2]. The molecular formula is C18H40O4P2S4Zn. The zero-order valence-corrected chi connectivity index (χ0v) is 27.4. The molecule has 0 saturated carbocycles. The molecule has 0 aliphatic rings. The van der Waals surface area contributed by atoms with E-state index >= 15 is 0 Å². The molecule has 0 heterocycles. The van der Waals surface area contributed by atoms with Crippen LogP contribution in [-0.4, -0.2) is 26.4 Å². The fourth-order valence-corrected chi connectivity index (χ4v) is 4.67. The maximum Gasteiger partial charge on any atom is 2.00 e. The molecule has 4 nitrogen and oxygen atoms in total. The summed E-state index contributed by atoms with van der Waals surface area (Å²) in [6.07, 6.45) is 2.16. The van der Waals surface area contributed by atoms with E-state index in [9.17, 15) is 0 Å². The Hall–Kier alpha value is 2.46. The Kier molecular flexibility index (Phi) is 24.7. The van der Waals surface area contributed by atoms with E-state index in [4.69, 9.17) is 66.2 Å². The van der Waals surface area contributed by atoms with Gasteiger partial charge in [-0.05, 0) is 23.7 Å². The van der Waals surface area contributed by atoms with Crippen molar-refractivity contribution in [3.63, 3.8) is 0 Å². The van der Waals surface area contributed by atoms with Gasteiger partial charge in [0.15, 0.2) is 0 Å². The van der Waals surface area contributed by atoms with Gasteiger partial charge in [0.25, 0.3) is 0 Å². The average molecular weight is 576 g/mol. The smallest absolute Gasteiger partial charge is 0.691 e. The van der Waals surface area contributed by atoms with Gasteiger partial charge in [-0.15, -0.1) is 0 Å². The second-order valence-electron chi connectivity index (χ2n) is 7.89. The molecule has 0 radical (unpaired) electrons. The van der Waals surface area contributed by atoms with E-state index in [-0.39, 0.29) is 19.5 Å². The van der Waals surface area contributed by atoms with E-state index < -0.39 is 11.4 Å². The summed E-state index contributed by atoms with van der Waals surface area (Å²) in [6, 6.07) is 0. The van der Waals surface area contributed by atoms with Crippen LogP contribution in [-0.2, 0) is 85.7 Å². The molecule has 0 aliphatic carbocycles. The quantitative estimate of drug-likeness (QED) is 0.125. The summed E-state index contributed by atoms with van der Waals surface area (Å²) in [5.74, 6) is 1.91. The summed E-state index contributed by atoms with van der Waals surface area (Å²) in [7, 11) is 0. The van der Waals surface area contributed by atoms with Crippen LogP contribution >= 0.6 is 11.4 Å². The summed E-state index contributed by atoms with van der Waals surface area (Å²) >= 11 is 20.4. The summed E-state index contributed by atoms with van der Waals surface area (Å²) in [5.41, 5.74) is -4.79. The van der Waals surface area contributed by atoms with Crippen LogP contribution in [0, 0.1) is 23.7 Å². The van der Waals surface area contributed by atoms with E-state index in [0.717, 1.165) is 12.8 Å². The van der Waals surface area contributed by atoms with Crippen LogP contribution in [0.15, 0.2) is 0 Å². The Balaban J connectivity index is -0.000000451. The molecule has 11 heteroatoms. The molecule has 0 amide bonds. The fraction of sp³-hybridized carbons (Fsp3) is 1.00. The minimum Gasteiger partial charge on any atom is -0.691 e. The zero-order chi connectivity index (χ0) is 22.4. The molecular weight excluding hydrogens is 536 g/mol. The van der Waals surface area contributed by atoms with Gasteiger partial charge in [0, 0.05) is 0 Å². The molecule has 0 aromatic carbocycles. The zero-order valence-electron chi connectivity index (χ0n) is 19.4. The van der Waals surface area contributed by atoms with E-state index in [0.29, 0.717) is 50.1 Å². The molecule has 4 unspecified atom stereocenters. The van der Waals surface area contributed by atoms with Gasteiger partial charge in [0.05, 0.1) is 37.8 Å². The van der Waals surface area contributed by atoms with Gasteiger partial charge in [0.1, 0.15) is 0 Å². The Bertz CT molecular complexity index is 443. The largest absolute Gasteiger partial charge is 2.00 e. The van der Waals surface area contributed by atoms with Crippen molar-refractivity contribution in [3.05, 3.63) is 0 Å². The summed E-state index contributed by atoms with van der Waals surface area (Å²) < 4.78 is 21.7. The third kappa shape index (κ3) is 26.6. The molecule has 0 bridgehead atoms. The summed E-state index contributed by atoms with van der Waals surface area (Å²) in [5, 5.41) is 0. The number of hydrogen-bond donors (Lipinski definition) is 0. The van der Waals surface area contributed by atoms with E-state index in [1.807, 2.05) is 0 Å². The predicted molar refractivity (Wildman–Crippen MR) is 136 cm³/mol. The van der Waals surface area contributed by atoms with Crippen LogP contribution in [0.1, 0.15) is 68.2 Å². The summed E-state index contributed by atoms with van der Waals surface area (Å²) in [6.45, 7) is 19.2. The van der Waals surface area contributed by atoms with Crippen molar-refractivity contribution in [2.75, 3.05) is 26.4 Å². The van der Waals surface area contributed by atoms with Crippen molar-refractivity contribution in [1.82, 2.24) is 0 Å². The Labute approximate surface area is 214 Å². The molecule has 29 heavy (non-hydrogen) atoms. The normalized spacial score (nSPS) is 17.5. The van der Waals surface area contributed by atoms with Gasteiger partial charge >= 0.3 is 19.5 Å². The molecule has 4 atom stereocenters. The van der Waals surface area contributed by atoms with Gasteiger partial charge in [-0.25, -0.2) is 0 Å². The van der Waals surface area contributed by atoms with Crippen molar-refractivity contribution in [2.24, 2.45) is 23.7 Å². The monoisotopic (exact) mass is 574 g/mol. The van der Waals surface area contributed by atoms with Gasteiger partial charge < -0.3 is 42.6 Å². The van der Waals surface area contributed by atoms with Crippen LogP contribution in [0.2, 0.25) is 0 Å². The summed E-state index contributed by atoms with van der Waals surface area (Å²) in [4.78, 5) is 0. The molecule has 0 fully saturated rings. The van der Waals surface area contributed by atoms with Crippen molar-refractivity contribution < 1.29 is 37.6 Å². The molecule has 0 spiro atoms. The molecule has 0 rings (SSSR count). The first-order valence-corrected chi connectivity index (χ1v) is 17.2. The molecule has 0 saturated heterocycles. The molecule has 0 aromatic rings. The Morgan fingerprint density at radius 2 is 0.862 bits per heavy atom. The fourth-order valence-electron chi connectivity index (χ4n) is 1.23. The van der Waals surface area contributed by atoms with Crippen molar-refractivity contribution >= 4 is 59.5 Å². The van der Waals surface area contributed by atoms with Gasteiger partial charge in [0.2, 0.25) is 0 Å². The first-order valence-electron chi connectivity index (χ1n) is 9.94. The van der Waals surface area contributed by atoms with Crippen LogP contribution < -0.4 is 0 Å². The minimum atomic E-state index is -2.40. The molecule has 0 aliphatic heterocycles. The Morgan fingerprint density at radius 1 is 0.621 bits per heavy atom. The van der Waals surface area contributed by atoms with Gasteiger partial charge in [-0.3, -0.25) is 0 Å². The van der Waals surface area contributed by atoms with Gasteiger partial charge in [-0.1, -0.05) is 91.8 Å². The third-order valence-corrected chi connectivity index (χ3v) is 7.95. The minimum absolute atomic E-state index is 0. The van der Waals surface area contributed by atoms with Crippen molar-refractivity contribution in [3.8, 4) is 0 Å². The van der Waals surface area contributed by atoms with Crippen molar-refractivity contribution in [1.29, 1.82) is 0 Å². The van der Waals surface area contributed by atoms with E-state index in [2.05, 4.69) is 55.4 Å². The first kappa shape index (κ1) is 36.0. The first-order chi connectivity index (χ1) is 12.7. The van der Waals surface area contributed by atoms with Crippen LogP contribution in [0.5, 0.6) is 0 Å². The maximum atomic E-state index is 5.45. The topological polar surface area (TPSA) is 36.9 Å². The number of rotatable bonds is 14. The second-order valence-corrected chi connectivity index (χ2v) is 17.9. The third-order valence-electron chi connectivity index (χ3n) is 3.56. The molecule has 0 N–H and O–H groups in total. The maximum absolute atomic E-state index is 5.45. The Morgan fingerprint density at radius 3 is 1.07 bits per heavy atom. The predicted octanol–water partition coefficient (Wildman–Crippen LogP) is 6.98. The molecule has 172 valence electrons.